The molecule has 0 saturated carbocycles. The predicted octanol–water partition coefficient (Wildman–Crippen LogP) is 2.79. The molecule has 1 aromatic rings. The van der Waals surface area contributed by atoms with Gasteiger partial charge in [0.25, 0.3) is 5.91 Å². The summed E-state index contributed by atoms with van der Waals surface area (Å²) in [5, 5.41) is 0. The van der Waals surface area contributed by atoms with Crippen LogP contribution in [0.5, 0.6) is 0 Å². The topological polar surface area (TPSA) is 29.5 Å². The zero-order valence-corrected chi connectivity index (χ0v) is 12.0. The highest BCUT2D eigenvalue weighted by atomic mass is 32.2. The lowest BCUT2D eigenvalue weighted by atomic mass is 9.79. The number of hydrogen-bond acceptors (Lipinski definition) is 3. The number of benzene rings is 1. The number of piperidine rings is 1. The quantitative estimate of drug-likeness (QED) is 0.831. The van der Waals surface area contributed by atoms with Crippen molar-refractivity contribution in [3.63, 3.8) is 0 Å². The molecule has 2 fully saturated rings. The van der Waals surface area contributed by atoms with Crippen LogP contribution in [0.4, 0.5) is 5.69 Å². The molecule has 4 rings (SSSR count). The standard InChI is InChI=1S/C15H17NO2S/c1-3-19-15-9-11-8-10-6-4-5-7-12(10)16(13(15)17)14(11,2)18-15/h4-7,11H,3,8-9H2,1-2H3. The van der Waals surface area contributed by atoms with E-state index in [1.165, 1.54) is 5.56 Å². The molecule has 0 spiro atoms. The van der Waals surface area contributed by atoms with Crippen molar-refractivity contribution >= 4 is 23.4 Å². The van der Waals surface area contributed by atoms with Crippen molar-refractivity contribution in [2.24, 2.45) is 5.92 Å². The van der Waals surface area contributed by atoms with Crippen molar-refractivity contribution in [2.75, 3.05) is 10.7 Å². The van der Waals surface area contributed by atoms with Crippen molar-refractivity contribution in [3.8, 4) is 0 Å². The van der Waals surface area contributed by atoms with Crippen LogP contribution in [-0.2, 0) is 16.0 Å². The molecule has 19 heavy (non-hydrogen) atoms. The zero-order chi connectivity index (χ0) is 13.3. The van der Waals surface area contributed by atoms with Gasteiger partial charge in [-0.3, -0.25) is 9.69 Å². The number of carbonyl (C=O) groups is 1. The first-order chi connectivity index (χ1) is 9.11. The number of hydrogen-bond donors (Lipinski definition) is 0. The van der Waals surface area contributed by atoms with Gasteiger partial charge < -0.3 is 4.74 Å². The van der Waals surface area contributed by atoms with Gasteiger partial charge in [0, 0.05) is 18.0 Å². The molecule has 1 aromatic carbocycles. The number of amides is 1. The van der Waals surface area contributed by atoms with Crippen LogP contribution < -0.4 is 4.90 Å². The highest BCUT2D eigenvalue weighted by Crippen LogP contribution is 2.61. The molecule has 1 amide bonds. The van der Waals surface area contributed by atoms with E-state index in [0.717, 1.165) is 24.3 Å². The average molecular weight is 275 g/mol. The molecule has 3 unspecified atom stereocenters. The molecule has 0 N–H and O–H groups in total. The summed E-state index contributed by atoms with van der Waals surface area (Å²) in [7, 11) is 0. The van der Waals surface area contributed by atoms with Gasteiger partial charge in [0.2, 0.25) is 0 Å². The third kappa shape index (κ3) is 1.26. The van der Waals surface area contributed by atoms with Gasteiger partial charge in [-0.15, -0.1) is 11.8 Å². The number of ether oxygens (including phenoxy) is 1. The Kier molecular flexibility index (Phi) is 2.21. The Morgan fingerprint density at radius 1 is 1.47 bits per heavy atom. The van der Waals surface area contributed by atoms with E-state index in [2.05, 4.69) is 26.0 Å². The lowest BCUT2D eigenvalue weighted by molar-refractivity contribution is -0.123. The fourth-order valence-corrected chi connectivity index (χ4v) is 5.09. The monoisotopic (exact) mass is 275 g/mol. The van der Waals surface area contributed by atoms with Gasteiger partial charge >= 0.3 is 0 Å². The predicted molar refractivity (Wildman–Crippen MR) is 76.1 cm³/mol. The number of nitrogens with zero attached hydrogens (tertiary/aromatic N) is 1. The lowest BCUT2D eigenvalue weighted by Gasteiger charge is -2.44. The fraction of sp³-hybridized carbons (Fsp3) is 0.533. The first-order valence-corrected chi connectivity index (χ1v) is 7.86. The molecule has 0 radical (unpaired) electrons. The number of para-hydroxylation sites is 1. The molecular weight excluding hydrogens is 258 g/mol. The van der Waals surface area contributed by atoms with Crippen LogP contribution in [0, 0.1) is 5.92 Å². The zero-order valence-electron chi connectivity index (χ0n) is 11.2. The fourth-order valence-electron chi connectivity index (χ4n) is 3.86. The normalized spacial score (nSPS) is 38.7. The van der Waals surface area contributed by atoms with E-state index in [1.54, 1.807) is 11.8 Å². The van der Waals surface area contributed by atoms with Crippen LogP contribution >= 0.6 is 11.8 Å². The summed E-state index contributed by atoms with van der Waals surface area (Å²) < 4.78 is 6.26. The highest BCUT2D eigenvalue weighted by molar-refractivity contribution is 8.01. The number of rotatable bonds is 2. The van der Waals surface area contributed by atoms with Crippen LogP contribution in [0.3, 0.4) is 0 Å². The van der Waals surface area contributed by atoms with Crippen molar-refractivity contribution in [2.45, 2.75) is 37.3 Å². The number of thioether (sulfide) groups is 1. The van der Waals surface area contributed by atoms with Gasteiger partial charge in [-0.25, -0.2) is 0 Å². The lowest BCUT2D eigenvalue weighted by Crippen LogP contribution is -2.56. The van der Waals surface area contributed by atoms with Crippen LogP contribution in [-0.4, -0.2) is 22.3 Å². The third-order valence-corrected chi connectivity index (χ3v) is 5.87. The van der Waals surface area contributed by atoms with E-state index in [1.807, 2.05) is 17.0 Å². The Morgan fingerprint density at radius 2 is 2.26 bits per heavy atom. The maximum absolute atomic E-state index is 12.8. The molecule has 3 atom stereocenters. The first kappa shape index (κ1) is 11.8. The van der Waals surface area contributed by atoms with E-state index >= 15 is 0 Å². The minimum atomic E-state index is -0.623. The molecule has 3 nitrogen and oxygen atoms in total. The van der Waals surface area contributed by atoms with E-state index in [9.17, 15) is 4.79 Å². The maximum atomic E-state index is 12.8. The second kappa shape index (κ2) is 3.55. The number of carbonyl (C=O) groups excluding carboxylic acids is 1. The van der Waals surface area contributed by atoms with Crippen molar-refractivity contribution in [1.82, 2.24) is 0 Å². The van der Waals surface area contributed by atoms with E-state index < -0.39 is 10.7 Å². The second-order valence-corrected chi connectivity index (χ2v) is 7.24. The molecule has 4 heteroatoms. The van der Waals surface area contributed by atoms with E-state index in [-0.39, 0.29) is 5.91 Å². The molecule has 0 aromatic heterocycles. The average Bonchev–Trinajstić information content (AvgIpc) is 2.78. The summed E-state index contributed by atoms with van der Waals surface area (Å²) in [4.78, 5) is 14.1. The van der Waals surface area contributed by atoms with Gasteiger partial charge in [0.1, 0.15) is 0 Å². The Labute approximate surface area is 117 Å². The molecule has 3 heterocycles. The van der Waals surface area contributed by atoms with Crippen LogP contribution in [0.15, 0.2) is 24.3 Å². The second-order valence-electron chi connectivity index (χ2n) is 5.72. The number of fused-ring (bicyclic) bond motifs is 3. The van der Waals surface area contributed by atoms with Gasteiger partial charge in [-0.2, -0.15) is 0 Å². The SMILES string of the molecule is CCSC12CC3Cc4ccccc4N(C1=O)C3(C)O2. The summed E-state index contributed by atoms with van der Waals surface area (Å²) in [6, 6.07) is 8.23. The van der Waals surface area contributed by atoms with Gasteiger partial charge in [-0.1, -0.05) is 25.1 Å². The molecule has 2 saturated heterocycles. The third-order valence-electron chi connectivity index (χ3n) is 4.69. The smallest absolute Gasteiger partial charge is 0.272 e. The summed E-state index contributed by atoms with van der Waals surface area (Å²) in [6.45, 7) is 4.17. The Balaban J connectivity index is 1.89. The summed E-state index contributed by atoms with van der Waals surface area (Å²) in [5.74, 6) is 1.47. The summed E-state index contributed by atoms with van der Waals surface area (Å²) in [6.07, 6.45) is 1.87. The Bertz CT molecular complexity index is 575. The van der Waals surface area contributed by atoms with Crippen molar-refractivity contribution in [3.05, 3.63) is 29.8 Å². The minimum Gasteiger partial charge on any atom is -0.329 e. The minimum absolute atomic E-state index is 0.144. The van der Waals surface area contributed by atoms with E-state index in [4.69, 9.17) is 4.74 Å². The van der Waals surface area contributed by atoms with Crippen molar-refractivity contribution in [1.29, 1.82) is 0 Å². The Hall–Kier alpha value is -1.00. The molecule has 100 valence electrons. The molecule has 3 aliphatic heterocycles. The highest BCUT2D eigenvalue weighted by Gasteiger charge is 2.70. The van der Waals surface area contributed by atoms with Gasteiger partial charge in [0.15, 0.2) is 10.7 Å². The maximum Gasteiger partial charge on any atom is 0.272 e. The molecule has 2 bridgehead atoms. The van der Waals surface area contributed by atoms with Crippen molar-refractivity contribution < 1.29 is 9.53 Å². The van der Waals surface area contributed by atoms with E-state index in [0.29, 0.717) is 5.92 Å². The largest absolute Gasteiger partial charge is 0.329 e. The van der Waals surface area contributed by atoms with Gasteiger partial charge in [-0.05, 0) is 30.7 Å². The summed E-state index contributed by atoms with van der Waals surface area (Å²) in [5.41, 5.74) is 1.89. The Morgan fingerprint density at radius 3 is 3.05 bits per heavy atom. The molecular formula is C15H17NO2S. The van der Waals surface area contributed by atoms with Gasteiger partial charge in [0.05, 0.1) is 0 Å². The summed E-state index contributed by atoms with van der Waals surface area (Å²) >= 11 is 1.65. The molecule has 0 aliphatic carbocycles. The molecule has 3 aliphatic rings. The first-order valence-electron chi connectivity index (χ1n) is 6.87. The van der Waals surface area contributed by atoms with Crippen LogP contribution in [0.1, 0.15) is 25.8 Å². The van der Waals surface area contributed by atoms with Crippen LogP contribution in [0.2, 0.25) is 0 Å². The van der Waals surface area contributed by atoms with Crippen LogP contribution in [0.25, 0.3) is 0 Å². The number of anilines is 1.